The number of rotatable bonds is 1. The molecule has 92 valence electrons. The van der Waals surface area contributed by atoms with Gasteiger partial charge in [0.2, 0.25) is 0 Å². The zero-order valence-corrected chi connectivity index (χ0v) is 10.6. The van der Waals surface area contributed by atoms with E-state index in [1.807, 2.05) is 0 Å². The molecule has 0 saturated heterocycles. The molecule has 2 N–H and O–H groups in total. The van der Waals surface area contributed by atoms with Crippen LogP contribution in [0.5, 0.6) is 0 Å². The van der Waals surface area contributed by atoms with Crippen molar-refractivity contribution in [3.8, 4) is 0 Å². The van der Waals surface area contributed by atoms with E-state index >= 15 is 0 Å². The van der Waals surface area contributed by atoms with Gasteiger partial charge in [0.15, 0.2) is 0 Å². The second-order valence-corrected chi connectivity index (χ2v) is 4.84. The minimum Gasteiger partial charge on any atom is -0.383 e. The van der Waals surface area contributed by atoms with Crippen LogP contribution in [0.1, 0.15) is 16.7 Å². The van der Waals surface area contributed by atoms with Crippen molar-refractivity contribution in [2.24, 2.45) is 0 Å². The smallest absolute Gasteiger partial charge is 0.128 e. The SMILES string of the molecule is Cc1cccc(N2CCc3ccnc(N)c3C2)c1. The zero-order valence-electron chi connectivity index (χ0n) is 10.6. The van der Waals surface area contributed by atoms with Gasteiger partial charge in [-0.15, -0.1) is 0 Å². The second-order valence-electron chi connectivity index (χ2n) is 4.84. The Morgan fingerprint density at radius 3 is 3.00 bits per heavy atom. The summed E-state index contributed by atoms with van der Waals surface area (Å²) in [7, 11) is 0. The van der Waals surface area contributed by atoms with Crippen molar-refractivity contribution >= 4 is 11.5 Å². The van der Waals surface area contributed by atoms with Gasteiger partial charge in [-0.05, 0) is 42.7 Å². The molecule has 0 saturated carbocycles. The number of fused-ring (bicyclic) bond motifs is 1. The third kappa shape index (κ3) is 1.92. The van der Waals surface area contributed by atoms with Crippen LogP contribution in [0.2, 0.25) is 0 Å². The van der Waals surface area contributed by atoms with Gasteiger partial charge in [0.05, 0.1) is 0 Å². The topological polar surface area (TPSA) is 42.2 Å². The predicted molar refractivity (Wildman–Crippen MR) is 74.6 cm³/mol. The van der Waals surface area contributed by atoms with Gasteiger partial charge in [-0.1, -0.05) is 12.1 Å². The molecule has 1 aromatic heterocycles. The van der Waals surface area contributed by atoms with E-state index in [2.05, 4.69) is 47.1 Å². The lowest BCUT2D eigenvalue weighted by molar-refractivity contribution is 0.729. The van der Waals surface area contributed by atoms with Crippen LogP contribution in [0.3, 0.4) is 0 Å². The van der Waals surface area contributed by atoms with Gasteiger partial charge in [0.1, 0.15) is 5.82 Å². The number of aryl methyl sites for hydroxylation is 1. The lowest BCUT2D eigenvalue weighted by Gasteiger charge is -2.31. The average Bonchev–Trinajstić information content (AvgIpc) is 2.39. The normalized spacial score (nSPS) is 14.4. The Labute approximate surface area is 107 Å². The molecule has 2 heterocycles. The van der Waals surface area contributed by atoms with Crippen molar-refractivity contribution < 1.29 is 0 Å². The maximum atomic E-state index is 5.97. The lowest BCUT2D eigenvalue weighted by Crippen LogP contribution is -2.31. The second kappa shape index (κ2) is 4.33. The van der Waals surface area contributed by atoms with Crippen molar-refractivity contribution in [3.05, 3.63) is 53.2 Å². The van der Waals surface area contributed by atoms with E-state index in [1.165, 1.54) is 22.4 Å². The largest absolute Gasteiger partial charge is 0.383 e. The summed E-state index contributed by atoms with van der Waals surface area (Å²) in [4.78, 5) is 6.56. The van der Waals surface area contributed by atoms with Crippen LogP contribution >= 0.6 is 0 Å². The van der Waals surface area contributed by atoms with Gasteiger partial charge in [-0.3, -0.25) is 0 Å². The van der Waals surface area contributed by atoms with Crippen LogP contribution in [-0.2, 0) is 13.0 Å². The first-order valence-corrected chi connectivity index (χ1v) is 6.28. The van der Waals surface area contributed by atoms with E-state index < -0.39 is 0 Å². The fraction of sp³-hybridized carbons (Fsp3) is 0.267. The molecule has 0 spiro atoms. The van der Waals surface area contributed by atoms with E-state index in [9.17, 15) is 0 Å². The highest BCUT2D eigenvalue weighted by Gasteiger charge is 2.18. The van der Waals surface area contributed by atoms with Gasteiger partial charge in [0.25, 0.3) is 0 Å². The third-order valence-electron chi connectivity index (χ3n) is 3.55. The summed E-state index contributed by atoms with van der Waals surface area (Å²) >= 11 is 0. The van der Waals surface area contributed by atoms with Crippen LogP contribution in [0.15, 0.2) is 36.5 Å². The number of nitrogen functional groups attached to an aromatic ring is 1. The highest BCUT2D eigenvalue weighted by molar-refractivity contribution is 5.54. The van der Waals surface area contributed by atoms with Gasteiger partial charge in [-0.25, -0.2) is 4.98 Å². The van der Waals surface area contributed by atoms with E-state index in [1.54, 1.807) is 6.20 Å². The summed E-state index contributed by atoms with van der Waals surface area (Å²) in [5, 5.41) is 0. The van der Waals surface area contributed by atoms with Crippen LogP contribution in [0.4, 0.5) is 11.5 Å². The third-order valence-corrected chi connectivity index (χ3v) is 3.55. The van der Waals surface area contributed by atoms with Crippen LogP contribution < -0.4 is 10.6 Å². The molecule has 3 heteroatoms. The zero-order chi connectivity index (χ0) is 12.5. The molecule has 1 aromatic carbocycles. The van der Waals surface area contributed by atoms with Crippen molar-refractivity contribution in [2.75, 3.05) is 17.2 Å². The summed E-state index contributed by atoms with van der Waals surface area (Å²) in [6.45, 7) is 4.02. The Balaban J connectivity index is 1.93. The number of benzene rings is 1. The number of hydrogen-bond donors (Lipinski definition) is 1. The summed E-state index contributed by atoms with van der Waals surface area (Å²) in [5.41, 5.74) is 11.1. The highest BCUT2D eigenvalue weighted by Crippen LogP contribution is 2.27. The highest BCUT2D eigenvalue weighted by atomic mass is 15.1. The van der Waals surface area contributed by atoms with E-state index in [0.29, 0.717) is 5.82 Å². The summed E-state index contributed by atoms with van der Waals surface area (Å²) in [5.74, 6) is 0.671. The van der Waals surface area contributed by atoms with Gasteiger partial charge >= 0.3 is 0 Å². The summed E-state index contributed by atoms with van der Waals surface area (Å²) < 4.78 is 0. The van der Waals surface area contributed by atoms with Gasteiger partial charge < -0.3 is 10.6 Å². The molecule has 1 aliphatic heterocycles. The van der Waals surface area contributed by atoms with Crippen LogP contribution in [-0.4, -0.2) is 11.5 Å². The van der Waals surface area contributed by atoms with E-state index in [0.717, 1.165) is 19.5 Å². The van der Waals surface area contributed by atoms with Crippen LogP contribution in [0, 0.1) is 6.92 Å². The molecule has 1 aliphatic rings. The summed E-state index contributed by atoms with van der Waals surface area (Å²) in [6, 6.07) is 10.7. The number of aromatic nitrogens is 1. The first kappa shape index (κ1) is 11.1. The molecule has 0 unspecified atom stereocenters. The molecular formula is C15H17N3. The first-order chi connectivity index (χ1) is 8.74. The number of nitrogens with zero attached hydrogens (tertiary/aromatic N) is 2. The standard InChI is InChI=1S/C15H17N3/c1-11-3-2-4-13(9-11)18-8-6-12-5-7-17-15(16)14(12)10-18/h2-5,7,9H,6,8,10H2,1H3,(H2,16,17). The lowest BCUT2D eigenvalue weighted by atomic mass is 10.0. The summed E-state index contributed by atoms with van der Waals surface area (Å²) in [6.07, 6.45) is 2.84. The minimum atomic E-state index is 0.671. The van der Waals surface area contributed by atoms with Gasteiger partial charge in [0, 0.05) is 30.5 Å². The van der Waals surface area contributed by atoms with Crippen molar-refractivity contribution in [1.29, 1.82) is 0 Å². The quantitative estimate of drug-likeness (QED) is 0.831. The van der Waals surface area contributed by atoms with Crippen molar-refractivity contribution in [2.45, 2.75) is 19.9 Å². The molecule has 0 fully saturated rings. The average molecular weight is 239 g/mol. The molecule has 0 atom stereocenters. The van der Waals surface area contributed by atoms with E-state index in [4.69, 9.17) is 5.73 Å². The maximum absolute atomic E-state index is 5.97. The first-order valence-electron chi connectivity index (χ1n) is 6.28. The number of hydrogen-bond acceptors (Lipinski definition) is 3. The fourth-order valence-corrected chi connectivity index (χ4v) is 2.54. The maximum Gasteiger partial charge on any atom is 0.128 e. The Kier molecular flexibility index (Phi) is 2.67. The van der Waals surface area contributed by atoms with Crippen molar-refractivity contribution in [3.63, 3.8) is 0 Å². The Morgan fingerprint density at radius 2 is 2.17 bits per heavy atom. The molecular weight excluding hydrogens is 222 g/mol. The molecule has 0 bridgehead atoms. The number of nitrogens with two attached hydrogens (primary N) is 1. The monoisotopic (exact) mass is 239 g/mol. The molecule has 18 heavy (non-hydrogen) atoms. The fourth-order valence-electron chi connectivity index (χ4n) is 2.54. The van der Waals surface area contributed by atoms with Crippen molar-refractivity contribution in [1.82, 2.24) is 4.98 Å². The predicted octanol–water partition coefficient (Wildman–Crippen LogP) is 2.53. The molecule has 3 nitrogen and oxygen atoms in total. The van der Waals surface area contributed by atoms with Gasteiger partial charge in [-0.2, -0.15) is 0 Å². The van der Waals surface area contributed by atoms with Crippen LogP contribution in [0.25, 0.3) is 0 Å². The number of pyridine rings is 1. The van der Waals surface area contributed by atoms with E-state index in [-0.39, 0.29) is 0 Å². The molecule has 3 rings (SSSR count). The molecule has 2 aromatic rings. The molecule has 0 aliphatic carbocycles. The molecule has 0 radical (unpaired) electrons. The Morgan fingerprint density at radius 1 is 1.28 bits per heavy atom. The Bertz CT molecular complexity index is 578. The number of anilines is 2. The minimum absolute atomic E-state index is 0.671. The Hall–Kier alpha value is -2.03. The molecule has 0 amide bonds.